The second-order valence-corrected chi connectivity index (χ2v) is 4.72. The third-order valence-corrected chi connectivity index (χ3v) is 3.27. The first-order valence-electron chi connectivity index (χ1n) is 5.14. The molecule has 3 aromatic heterocycles. The van der Waals surface area contributed by atoms with Crippen LogP contribution in [0.15, 0.2) is 35.4 Å². The summed E-state index contributed by atoms with van der Waals surface area (Å²) >= 11 is 7.17. The van der Waals surface area contributed by atoms with E-state index in [1.165, 1.54) is 29.1 Å². The SMILES string of the molecule is Cn1ccnc1Sc1nc(Cl)nc(-n2cncn2)n1. The Hall–Kier alpha value is -2.00. The Morgan fingerprint density at radius 1 is 1.26 bits per heavy atom. The number of nitrogens with zero attached hydrogens (tertiary/aromatic N) is 8. The molecule has 0 aromatic carbocycles. The summed E-state index contributed by atoms with van der Waals surface area (Å²) in [6.45, 7) is 0. The van der Waals surface area contributed by atoms with E-state index in [9.17, 15) is 0 Å². The molecule has 0 spiro atoms. The van der Waals surface area contributed by atoms with Crippen molar-refractivity contribution in [1.82, 2.24) is 39.3 Å². The molecule has 3 heterocycles. The molecule has 0 N–H and O–H groups in total. The maximum Gasteiger partial charge on any atom is 0.257 e. The van der Waals surface area contributed by atoms with Gasteiger partial charge in [0.05, 0.1) is 0 Å². The van der Waals surface area contributed by atoms with Crippen LogP contribution in [-0.2, 0) is 7.05 Å². The number of aromatic nitrogens is 8. The van der Waals surface area contributed by atoms with Crippen molar-refractivity contribution < 1.29 is 0 Å². The number of aryl methyl sites for hydroxylation is 1. The predicted octanol–water partition coefficient (Wildman–Crippen LogP) is 0.990. The summed E-state index contributed by atoms with van der Waals surface area (Å²) < 4.78 is 3.27. The molecule has 0 saturated heterocycles. The molecule has 10 heteroatoms. The number of halogens is 1. The lowest BCUT2D eigenvalue weighted by Gasteiger charge is -2.03. The first-order chi connectivity index (χ1) is 9.22. The monoisotopic (exact) mass is 294 g/mol. The van der Waals surface area contributed by atoms with Gasteiger partial charge in [0.2, 0.25) is 10.4 Å². The van der Waals surface area contributed by atoms with E-state index in [1.54, 1.807) is 6.20 Å². The van der Waals surface area contributed by atoms with E-state index in [4.69, 9.17) is 11.6 Å². The van der Waals surface area contributed by atoms with Crippen molar-refractivity contribution in [1.29, 1.82) is 0 Å². The molecule has 19 heavy (non-hydrogen) atoms. The normalized spacial score (nSPS) is 10.8. The molecule has 0 aliphatic heterocycles. The first kappa shape index (κ1) is 12.1. The molecule has 0 unspecified atom stereocenters. The van der Waals surface area contributed by atoms with E-state index in [2.05, 4.69) is 30.0 Å². The van der Waals surface area contributed by atoms with E-state index < -0.39 is 0 Å². The van der Waals surface area contributed by atoms with Crippen LogP contribution >= 0.6 is 23.4 Å². The summed E-state index contributed by atoms with van der Waals surface area (Å²) in [7, 11) is 1.89. The zero-order chi connectivity index (χ0) is 13.2. The molecular weight excluding hydrogens is 288 g/mol. The molecule has 0 amide bonds. The van der Waals surface area contributed by atoms with Gasteiger partial charge in [-0.1, -0.05) is 0 Å². The van der Waals surface area contributed by atoms with Crippen molar-refractivity contribution in [2.24, 2.45) is 7.05 Å². The number of imidazole rings is 1. The Bertz CT molecular complexity index is 694. The smallest absolute Gasteiger partial charge is 0.257 e. The van der Waals surface area contributed by atoms with Crippen molar-refractivity contribution >= 4 is 23.4 Å². The molecule has 3 aromatic rings. The van der Waals surface area contributed by atoms with Gasteiger partial charge in [0.1, 0.15) is 12.7 Å². The van der Waals surface area contributed by atoms with Crippen LogP contribution < -0.4 is 0 Å². The molecule has 8 nitrogen and oxygen atoms in total. The molecule has 3 rings (SSSR count). The summed E-state index contributed by atoms with van der Waals surface area (Å²) in [6, 6.07) is 0. The molecule has 0 radical (unpaired) electrons. The third kappa shape index (κ3) is 2.56. The average molecular weight is 295 g/mol. The fourth-order valence-electron chi connectivity index (χ4n) is 1.31. The van der Waals surface area contributed by atoms with Crippen LogP contribution in [0.5, 0.6) is 0 Å². The quantitative estimate of drug-likeness (QED) is 0.712. The van der Waals surface area contributed by atoms with Crippen molar-refractivity contribution in [3.63, 3.8) is 0 Å². The highest BCUT2D eigenvalue weighted by Gasteiger charge is 2.11. The minimum absolute atomic E-state index is 0.0946. The van der Waals surface area contributed by atoms with Gasteiger partial charge in [-0.15, -0.1) is 0 Å². The van der Waals surface area contributed by atoms with Gasteiger partial charge in [0, 0.05) is 19.4 Å². The van der Waals surface area contributed by atoms with E-state index in [0.29, 0.717) is 11.1 Å². The van der Waals surface area contributed by atoms with Crippen LogP contribution in [0, 0.1) is 0 Å². The second kappa shape index (κ2) is 4.94. The lowest BCUT2D eigenvalue weighted by molar-refractivity contribution is 0.749. The average Bonchev–Trinajstić information content (AvgIpc) is 3.01. The van der Waals surface area contributed by atoms with Crippen molar-refractivity contribution in [3.8, 4) is 5.95 Å². The lowest BCUT2D eigenvalue weighted by atomic mass is 10.9. The fraction of sp³-hybridized carbons (Fsp3) is 0.111. The fourth-order valence-corrected chi connectivity index (χ4v) is 2.26. The van der Waals surface area contributed by atoms with Gasteiger partial charge in [-0.25, -0.2) is 9.97 Å². The summed E-state index contributed by atoms with van der Waals surface area (Å²) in [6.07, 6.45) is 6.41. The Kier molecular flexibility index (Phi) is 3.13. The summed E-state index contributed by atoms with van der Waals surface area (Å²) in [5.74, 6) is 0.314. The van der Waals surface area contributed by atoms with Crippen LogP contribution in [0.1, 0.15) is 0 Å². The topological polar surface area (TPSA) is 87.2 Å². The number of hydrogen-bond acceptors (Lipinski definition) is 7. The van der Waals surface area contributed by atoms with Gasteiger partial charge in [-0.05, 0) is 23.4 Å². The Morgan fingerprint density at radius 3 is 2.84 bits per heavy atom. The molecule has 0 aliphatic rings. The zero-order valence-corrected chi connectivity index (χ0v) is 11.2. The van der Waals surface area contributed by atoms with E-state index in [0.717, 1.165) is 5.16 Å². The highest BCUT2D eigenvalue weighted by molar-refractivity contribution is 7.99. The molecule has 0 saturated carbocycles. The molecule has 96 valence electrons. The Morgan fingerprint density at radius 2 is 2.16 bits per heavy atom. The van der Waals surface area contributed by atoms with Crippen molar-refractivity contribution in [3.05, 3.63) is 30.3 Å². The summed E-state index contributed by atoms with van der Waals surface area (Å²) in [4.78, 5) is 20.3. The molecule has 0 bridgehead atoms. The van der Waals surface area contributed by atoms with Crippen molar-refractivity contribution in [2.75, 3.05) is 0 Å². The second-order valence-electron chi connectivity index (χ2n) is 3.45. The van der Waals surface area contributed by atoms with Crippen LogP contribution in [0.25, 0.3) is 5.95 Å². The van der Waals surface area contributed by atoms with E-state index in [1.807, 2.05) is 17.8 Å². The zero-order valence-electron chi connectivity index (χ0n) is 9.67. The van der Waals surface area contributed by atoms with Crippen LogP contribution in [-0.4, -0.2) is 39.3 Å². The maximum absolute atomic E-state index is 5.88. The first-order valence-corrected chi connectivity index (χ1v) is 6.33. The largest absolute Gasteiger partial charge is 0.329 e. The predicted molar refractivity (Wildman–Crippen MR) is 67.1 cm³/mol. The maximum atomic E-state index is 5.88. The Labute approximate surface area is 116 Å². The molecule has 0 aliphatic carbocycles. The lowest BCUT2D eigenvalue weighted by Crippen LogP contribution is -2.05. The van der Waals surface area contributed by atoms with Crippen molar-refractivity contribution in [2.45, 2.75) is 10.3 Å². The summed E-state index contributed by atoms with van der Waals surface area (Å²) in [5.41, 5.74) is 0. The van der Waals surface area contributed by atoms with E-state index >= 15 is 0 Å². The highest BCUT2D eigenvalue weighted by atomic mass is 35.5. The Balaban J connectivity index is 1.96. The van der Waals surface area contributed by atoms with Gasteiger partial charge in [0.25, 0.3) is 5.95 Å². The van der Waals surface area contributed by atoms with Gasteiger partial charge in [-0.3, -0.25) is 0 Å². The summed E-state index contributed by atoms with van der Waals surface area (Å²) in [5, 5.41) is 5.24. The molecule has 0 fully saturated rings. The van der Waals surface area contributed by atoms with Crippen LogP contribution in [0.2, 0.25) is 5.28 Å². The minimum Gasteiger partial charge on any atom is -0.329 e. The van der Waals surface area contributed by atoms with Crippen LogP contribution in [0.4, 0.5) is 0 Å². The van der Waals surface area contributed by atoms with Gasteiger partial charge in [0.15, 0.2) is 5.16 Å². The van der Waals surface area contributed by atoms with Gasteiger partial charge >= 0.3 is 0 Å². The standard InChI is InChI=1S/C9H7ClN8S/c1-17-3-2-12-9(17)19-8-15-6(10)14-7(16-8)18-5-11-4-13-18/h2-5H,1H3. The highest BCUT2D eigenvalue weighted by Crippen LogP contribution is 2.23. The number of hydrogen-bond donors (Lipinski definition) is 0. The van der Waals surface area contributed by atoms with Gasteiger partial charge in [-0.2, -0.15) is 24.7 Å². The van der Waals surface area contributed by atoms with Gasteiger partial charge < -0.3 is 4.57 Å². The van der Waals surface area contributed by atoms with E-state index in [-0.39, 0.29) is 5.28 Å². The molecule has 0 atom stereocenters. The molecular formula is C9H7ClN8S. The van der Waals surface area contributed by atoms with Crippen LogP contribution in [0.3, 0.4) is 0 Å². The number of rotatable bonds is 3. The third-order valence-electron chi connectivity index (χ3n) is 2.16. The minimum atomic E-state index is 0.0946.